The van der Waals surface area contributed by atoms with Gasteiger partial charge in [0.05, 0.1) is 13.2 Å². The number of carbonyl (C=O) groups excluding carboxylic acids is 1. The molecule has 0 atom stereocenters. The molecule has 2 aliphatic rings. The van der Waals surface area contributed by atoms with Crippen LogP contribution in [-0.4, -0.2) is 71.8 Å². The smallest absolute Gasteiger partial charge is 0.224 e. The van der Waals surface area contributed by atoms with Gasteiger partial charge in [-0.05, 0) is 32.0 Å². The van der Waals surface area contributed by atoms with E-state index in [1.165, 1.54) is 5.69 Å². The predicted octanol–water partition coefficient (Wildman–Crippen LogP) is 0.838. The normalized spacial score (nSPS) is 21.6. The minimum atomic E-state index is 0.272. The van der Waals surface area contributed by atoms with Crippen LogP contribution in [0.4, 0.5) is 0 Å². The number of carbonyl (C=O) groups is 1. The van der Waals surface area contributed by atoms with Crippen LogP contribution in [0.3, 0.4) is 0 Å². The van der Waals surface area contributed by atoms with E-state index < -0.39 is 0 Å². The summed E-state index contributed by atoms with van der Waals surface area (Å²) in [5.41, 5.74) is 1.25. The van der Waals surface area contributed by atoms with Gasteiger partial charge in [-0.3, -0.25) is 9.89 Å². The average Bonchev–Trinajstić information content (AvgIpc) is 3.08. The summed E-state index contributed by atoms with van der Waals surface area (Å²) >= 11 is 0. The van der Waals surface area contributed by atoms with Crippen molar-refractivity contribution in [1.29, 1.82) is 0 Å². The van der Waals surface area contributed by atoms with Crippen LogP contribution in [0.2, 0.25) is 0 Å². The van der Waals surface area contributed by atoms with Gasteiger partial charge in [-0.15, -0.1) is 0 Å². The number of aromatic amines is 1. The van der Waals surface area contributed by atoms with Crippen LogP contribution >= 0.6 is 0 Å². The highest BCUT2D eigenvalue weighted by Crippen LogP contribution is 2.26. The summed E-state index contributed by atoms with van der Waals surface area (Å²) in [4.78, 5) is 16.5. The SMILES string of the molecule is O=C(CCN1CCC(c2ccn[nH]2)CC1)N1CCOCC1. The third kappa shape index (κ3) is 3.83. The molecule has 1 amide bonds. The Hall–Kier alpha value is -1.40. The largest absolute Gasteiger partial charge is 0.378 e. The Labute approximate surface area is 125 Å². The molecule has 6 heteroatoms. The topological polar surface area (TPSA) is 61.5 Å². The van der Waals surface area contributed by atoms with Gasteiger partial charge in [-0.1, -0.05) is 0 Å². The van der Waals surface area contributed by atoms with Crippen molar-refractivity contribution >= 4 is 5.91 Å². The zero-order valence-electron chi connectivity index (χ0n) is 12.5. The number of rotatable bonds is 4. The number of ether oxygens (including phenoxy) is 1. The van der Waals surface area contributed by atoms with Crippen molar-refractivity contribution in [2.24, 2.45) is 0 Å². The lowest BCUT2D eigenvalue weighted by molar-refractivity contribution is -0.135. The van der Waals surface area contributed by atoms with Crippen LogP contribution in [0.15, 0.2) is 12.3 Å². The number of piperidine rings is 1. The molecular weight excluding hydrogens is 268 g/mol. The van der Waals surface area contributed by atoms with E-state index in [9.17, 15) is 4.79 Å². The van der Waals surface area contributed by atoms with Crippen molar-refractivity contribution in [2.45, 2.75) is 25.2 Å². The van der Waals surface area contributed by atoms with Gasteiger partial charge in [0.15, 0.2) is 0 Å². The van der Waals surface area contributed by atoms with Crippen molar-refractivity contribution in [3.8, 4) is 0 Å². The molecule has 0 aromatic carbocycles. The third-order valence-electron chi connectivity index (χ3n) is 4.56. The average molecular weight is 292 g/mol. The number of hydrogen-bond acceptors (Lipinski definition) is 4. The van der Waals surface area contributed by atoms with Gasteiger partial charge in [0.2, 0.25) is 5.91 Å². The molecule has 0 spiro atoms. The summed E-state index contributed by atoms with van der Waals surface area (Å²) in [5.74, 6) is 0.868. The Bertz CT molecular complexity index is 435. The Kier molecular flexibility index (Phi) is 4.87. The fourth-order valence-electron chi connectivity index (χ4n) is 3.19. The number of likely N-dealkylation sites (tertiary alicyclic amines) is 1. The Morgan fingerprint density at radius 3 is 2.71 bits per heavy atom. The van der Waals surface area contributed by atoms with Crippen LogP contribution < -0.4 is 0 Å². The summed E-state index contributed by atoms with van der Waals surface area (Å²) in [6.45, 7) is 5.89. The highest BCUT2D eigenvalue weighted by Gasteiger charge is 2.23. The summed E-state index contributed by atoms with van der Waals surface area (Å²) in [6, 6.07) is 2.07. The molecule has 0 radical (unpaired) electrons. The van der Waals surface area contributed by atoms with Crippen molar-refractivity contribution in [1.82, 2.24) is 20.0 Å². The third-order valence-corrected chi connectivity index (χ3v) is 4.56. The van der Waals surface area contributed by atoms with Crippen molar-refractivity contribution in [3.05, 3.63) is 18.0 Å². The molecule has 0 bridgehead atoms. The maximum absolute atomic E-state index is 12.1. The fourth-order valence-corrected chi connectivity index (χ4v) is 3.19. The first-order valence-corrected chi connectivity index (χ1v) is 7.90. The predicted molar refractivity (Wildman–Crippen MR) is 79.0 cm³/mol. The van der Waals surface area contributed by atoms with Gasteiger partial charge in [0, 0.05) is 43.9 Å². The molecule has 6 nitrogen and oxygen atoms in total. The van der Waals surface area contributed by atoms with Crippen LogP contribution in [0.25, 0.3) is 0 Å². The molecule has 1 aromatic heterocycles. The minimum Gasteiger partial charge on any atom is -0.378 e. The monoisotopic (exact) mass is 292 g/mol. The molecule has 2 aliphatic heterocycles. The van der Waals surface area contributed by atoms with E-state index in [0.29, 0.717) is 25.6 Å². The number of hydrogen-bond donors (Lipinski definition) is 1. The second kappa shape index (κ2) is 7.04. The van der Waals surface area contributed by atoms with Gasteiger partial charge in [-0.25, -0.2) is 0 Å². The number of morpholine rings is 1. The highest BCUT2D eigenvalue weighted by atomic mass is 16.5. The Balaban J connectivity index is 1.38. The number of nitrogens with one attached hydrogen (secondary N) is 1. The number of amides is 1. The quantitative estimate of drug-likeness (QED) is 0.893. The second-order valence-corrected chi connectivity index (χ2v) is 5.87. The molecule has 0 unspecified atom stereocenters. The summed E-state index contributed by atoms with van der Waals surface area (Å²) in [6.07, 6.45) is 4.75. The zero-order chi connectivity index (χ0) is 14.5. The Morgan fingerprint density at radius 1 is 1.29 bits per heavy atom. The molecule has 116 valence electrons. The number of nitrogens with zero attached hydrogens (tertiary/aromatic N) is 3. The minimum absolute atomic E-state index is 0.272. The molecule has 21 heavy (non-hydrogen) atoms. The van der Waals surface area contributed by atoms with Crippen molar-refractivity contribution in [3.63, 3.8) is 0 Å². The lowest BCUT2D eigenvalue weighted by atomic mass is 9.93. The maximum Gasteiger partial charge on any atom is 0.224 e. The van der Waals surface area contributed by atoms with Crippen molar-refractivity contribution < 1.29 is 9.53 Å². The second-order valence-electron chi connectivity index (χ2n) is 5.87. The molecule has 1 N–H and O–H groups in total. The van der Waals surface area contributed by atoms with E-state index in [1.54, 1.807) is 0 Å². The van der Waals surface area contributed by atoms with Gasteiger partial charge in [0.1, 0.15) is 0 Å². The van der Waals surface area contributed by atoms with E-state index in [1.807, 2.05) is 11.1 Å². The zero-order valence-corrected chi connectivity index (χ0v) is 12.5. The van der Waals surface area contributed by atoms with Gasteiger partial charge in [0.25, 0.3) is 0 Å². The van der Waals surface area contributed by atoms with E-state index in [2.05, 4.69) is 21.2 Å². The van der Waals surface area contributed by atoms with Gasteiger partial charge in [-0.2, -0.15) is 5.10 Å². The van der Waals surface area contributed by atoms with Crippen LogP contribution in [0.5, 0.6) is 0 Å². The summed E-state index contributed by atoms with van der Waals surface area (Å²) < 4.78 is 5.28. The van der Waals surface area contributed by atoms with Gasteiger partial charge < -0.3 is 14.5 Å². The molecule has 3 heterocycles. The van der Waals surface area contributed by atoms with Crippen molar-refractivity contribution in [2.75, 3.05) is 45.9 Å². The molecule has 3 rings (SSSR count). The van der Waals surface area contributed by atoms with E-state index in [-0.39, 0.29) is 5.91 Å². The number of aromatic nitrogens is 2. The van der Waals surface area contributed by atoms with E-state index in [0.717, 1.165) is 45.6 Å². The van der Waals surface area contributed by atoms with Crippen LogP contribution in [0.1, 0.15) is 30.9 Å². The maximum atomic E-state index is 12.1. The lowest BCUT2D eigenvalue weighted by Crippen LogP contribution is -2.42. The van der Waals surface area contributed by atoms with Gasteiger partial charge >= 0.3 is 0 Å². The first-order valence-electron chi connectivity index (χ1n) is 7.90. The van der Waals surface area contributed by atoms with E-state index in [4.69, 9.17) is 4.74 Å². The summed E-state index contributed by atoms with van der Waals surface area (Å²) in [5, 5.41) is 7.10. The molecular formula is C15H24N4O2. The first kappa shape index (κ1) is 14.5. The number of H-pyrrole nitrogens is 1. The molecule has 2 fully saturated rings. The molecule has 1 aromatic rings. The first-order chi connectivity index (χ1) is 10.3. The highest BCUT2D eigenvalue weighted by molar-refractivity contribution is 5.76. The molecule has 2 saturated heterocycles. The lowest BCUT2D eigenvalue weighted by Gasteiger charge is -2.32. The Morgan fingerprint density at radius 2 is 2.05 bits per heavy atom. The summed E-state index contributed by atoms with van der Waals surface area (Å²) in [7, 11) is 0. The fraction of sp³-hybridized carbons (Fsp3) is 0.733. The molecule has 0 aliphatic carbocycles. The standard InChI is InChI=1S/C15H24N4O2/c20-15(19-9-11-21-12-10-19)4-8-18-6-2-13(3-7-18)14-1-5-16-17-14/h1,5,13H,2-4,6-12H2,(H,16,17). The van der Waals surface area contributed by atoms with E-state index >= 15 is 0 Å². The van der Waals surface area contributed by atoms with Crippen LogP contribution in [0, 0.1) is 0 Å². The molecule has 0 saturated carbocycles. The van der Waals surface area contributed by atoms with Crippen LogP contribution in [-0.2, 0) is 9.53 Å².